The second-order valence-electron chi connectivity index (χ2n) is 4.97. The summed E-state index contributed by atoms with van der Waals surface area (Å²) in [5.41, 5.74) is 3.02. The van der Waals surface area contributed by atoms with E-state index in [0.717, 1.165) is 27.5 Å². The van der Waals surface area contributed by atoms with E-state index in [1.165, 1.54) is 0 Å². The number of rotatable bonds is 2. The van der Waals surface area contributed by atoms with Crippen molar-refractivity contribution in [3.05, 3.63) is 60.4 Å². The number of aromatic amines is 1. The fourth-order valence-electron chi connectivity index (χ4n) is 2.64. The highest BCUT2D eigenvalue weighted by Gasteiger charge is 2.16. The Morgan fingerprint density at radius 1 is 1.05 bits per heavy atom. The van der Waals surface area contributed by atoms with Crippen molar-refractivity contribution >= 4 is 27.9 Å². The summed E-state index contributed by atoms with van der Waals surface area (Å²) in [4.78, 5) is 23.2. The lowest BCUT2D eigenvalue weighted by Crippen LogP contribution is -2.01. The van der Waals surface area contributed by atoms with Crippen LogP contribution in [0.15, 0.2) is 54.7 Å². The Morgan fingerprint density at radius 3 is 2.64 bits per heavy atom. The van der Waals surface area contributed by atoms with Gasteiger partial charge in [-0.3, -0.25) is 0 Å². The number of nitrogens with zero attached hydrogens (tertiary/aromatic N) is 2. The molecular formula is C17H11N3O2. The molecule has 2 N–H and O–H groups in total. The summed E-state index contributed by atoms with van der Waals surface area (Å²) in [5, 5.41) is 11.0. The number of H-pyrrole nitrogens is 1. The molecule has 22 heavy (non-hydrogen) atoms. The maximum atomic E-state index is 11.4. The third kappa shape index (κ3) is 1.83. The van der Waals surface area contributed by atoms with E-state index in [1.54, 1.807) is 12.3 Å². The van der Waals surface area contributed by atoms with Crippen LogP contribution in [0.2, 0.25) is 0 Å². The molecule has 5 nitrogen and oxygen atoms in total. The van der Waals surface area contributed by atoms with Gasteiger partial charge in [0.25, 0.3) is 0 Å². The van der Waals surface area contributed by atoms with Crippen LogP contribution >= 0.6 is 0 Å². The van der Waals surface area contributed by atoms with Gasteiger partial charge in [0.15, 0.2) is 0 Å². The monoisotopic (exact) mass is 289 g/mol. The average molecular weight is 289 g/mol. The van der Waals surface area contributed by atoms with Gasteiger partial charge in [-0.1, -0.05) is 30.3 Å². The van der Waals surface area contributed by atoms with Crippen molar-refractivity contribution in [2.24, 2.45) is 0 Å². The molecule has 1 aromatic carbocycles. The van der Waals surface area contributed by atoms with Crippen molar-refractivity contribution < 1.29 is 9.90 Å². The summed E-state index contributed by atoms with van der Waals surface area (Å²) in [6.45, 7) is 0. The number of fused-ring (bicyclic) bond motifs is 3. The van der Waals surface area contributed by atoms with Crippen LogP contribution in [0.3, 0.4) is 0 Å². The average Bonchev–Trinajstić information content (AvgIpc) is 2.93. The topological polar surface area (TPSA) is 78.9 Å². The van der Waals surface area contributed by atoms with Crippen LogP contribution in [-0.2, 0) is 0 Å². The predicted molar refractivity (Wildman–Crippen MR) is 83.8 cm³/mol. The Hall–Kier alpha value is -3.21. The van der Waals surface area contributed by atoms with E-state index in [-0.39, 0.29) is 5.69 Å². The molecular weight excluding hydrogens is 278 g/mol. The molecule has 106 valence electrons. The van der Waals surface area contributed by atoms with Gasteiger partial charge in [0.1, 0.15) is 11.3 Å². The van der Waals surface area contributed by atoms with Crippen LogP contribution in [-0.4, -0.2) is 26.0 Å². The first-order chi connectivity index (χ1) is 10.7. The molecule has 0 atom stereocenters. The fourth-order valence-corrected chi connectivity index (χ4v) is 2.64. The number of carbonyl (C=O) groups is 1. The summed E-state index contributed by atoms with van der Waals surface area (Å²) < 4.78 is 0. The largest absolute Gasteiger partial charge is 0.477 e. The number of pyridine rings is 2. The number of aromatic nitrogens is 3. The van der Waals surface area contributed by atoms with E-state index in [2.05, 4.69) is 15.0 Å². The van der Waals surface area contributed by atoms with Gasteiger partial charge in [-0.15, -0.1) is 0 Å². The van der Waals surface area contributed by atoms with Crippen molar-refractivity contribution in [3.63, 3.8) is 0 Å². The smallest absolute Gasteiger partial charge is 0.354 e. The molecule has 0 saturated carbocycles. The molecule has 0 bridgehead atoms. The van der Waals surface area contributed by atoms with Gasteiger partial charge in [-0.25, -0.2) is 14.8 Å². The van der Waals surface area contributed by atoms with Crippen molar-refractivity contribution in [2.75, 3.05) is 0 Å². The second kappa shape index (κ2) is 4.66. The van der Waals surface area contributed by atoms with Crippen molar-refractivity contribution in [1.29, 1.82) is 0 Å². The highest BCUT2D eigenvalue weighted by molar-refractivity contribution is 6.11. The summed E-state index contributed by atoms with van der Waals surface area (Å²) in [7, 11) is 0. The molecule has 4 rings (SSSR count). The first-order valence-corrected chi connectivity index (χ1v) is 6.80. The third-order valence-corrected chi connectivity index (χ3v) is 3.63. The number of hydrogen-bond donors (Lipinski definition) is 2. The summed E-state index contributed by atoms with van der Waals surface area (Å²) in [6, 6.07) is 14.9. The van der Waals surface area contributed by atoms with E-state index in [0.29, 0.717) is 5.69 Å². The summed E-state index contributed by atoms with van der Waals surface area (Å²) in [5.74, 6) is -1.04. The van der Waals surface area contributed by atoms with E-state index in [9.17, 15) is 9.90 Å². The zero-order valence-electron chi connectivity index (χ0n) is 11.4. The maximum absolute atomic E-state index is 11.4. The van der Waals surface area contributed by atoms with Gasteiger partial charge in [-0.05, 0) is 18.2 Å². The molecule has 0 aliphatic rings. The molecule has 5 heteroatoms. The lowest BCUT2D eigenvalue weighted by atomic mass is 10.1. The molecule has 0 spiro atoms. The quantitative estimate of drug-likeness (QED) is 0.592. The molecule has 4 aromatic rings. The number of carboxylic acids is 1. The number of benzene rings is 1. The van der Waals surface area contributed by atoms with Crippen molar-refractivity contribution in [1.82, 2.24) is 15.0 Å². The Bertz CT molecular complexity index is 1010. The van der Waals surface area contributed by atoms with Gasteiger partial charge in [0.05, 0.1) is 11.2 Å². The first kappa shape index (κ1) is 12.5. The minimum atomic E-state index is -1.04. The Morgan fingerprint density at radius 2 is 1.86 bits per heavy atom. The standard InChI is InChI=1S/C17H11N3O2/c21-17(22)13-9-12-11-7-4-8-18-16(11)20-15(12)14(19-13)10-5-2-1-3-6-10/h1-9H,(H,18,20)(H,21,22). The highest BCUT2D eigenvalue weighted by atomic mass is 16.4. The SMILES string of the molecule is O=C(O)c1cc2c([nH]c3ncccc32)c(-c2ccccc2)n1. The lowest BCUT2D eigenvalue weighted by molar-refractivity contribution is 0.0691. The molecule has 0 fully saturated rings. The first-order valence-electron chi connectivity index (χ1n) is 6.80. The van der Waals surface area contributed by atoms with Crippen LogP contribution in [0.1, 0.15) is 10.5 Å². The molecule has 3 aromatic heterocycles. The molecule has 0 unspecified atom stereocenters. The minimum absolute atomic E-state index is 0.0242. The zero-order valence-corrected chi connectivity index (χ0v) is 11.4. The molecule has 0 aliphatic carbocycles. The van der Waals surface area contributed by atoms with E-state index < -0.39 is 5.97 Å². The van der Waals surface area contributed by atoms with Gasteiger partial charge in [-0.2, -0.15) is 0 Å². The molecule has 0 saturated heterocycles. The molecule has 0 radical (unpaired) electrons. The maximum Gasteiger partial charge on any atom is 0.354 e. The van der Waals surface area contributed by atoms with Gasteiger partial charge < -0.3 is 10.1 Å². The van der Waals surface area contributed by atoms with Crippen molar-refractivity contribution in [3.8, 4) is 11.3 Å². The number of nitrogens with one attached hydrogen (secondary N) is 1. The zero-order chi connectivity index (χ0) is 15.1. The van der Waals surface area contributed by atoms with Gasteiger partial charge >= 0.3 is 5.97 Å². The van der Waals surface area contributed by atoms with Crippen LogP contribution in [0.5, 0.6) is 0 Å². The summed E-state index contributed by atoms with van der Waals surface area (Å²) in [6.07, 6.45) is 1.70. The van der Waals surface area contributed by atoms with Crippen LogP contribution in [0, 0.1) is 0 Å². The summed E-state index contributed by atoms with van der Waals surface area (Å²) >= 11 is 0. The Labute approximate surface area is 125 Å². The number of carboxylic acid groups (broad SMARTS) is 1. The highest BCUT2D eigenvalue weighted by Crippen LogP contribution is 2.31. The third-order valence-electron chi connectivity index (χ3n) is 3.63. The second-order valence-corrected chi connectivity index (χ2v) is 4.97. The predicted octanol–water partition coefficient (Wildman–Crippen LogP) is 3.48. The number of aromatic carboxylic acids is 1. The molecule has 3 heterocycles. The van der Waals surface area contributed by atoms with Crippen LogP contribution in [0.25, 0.3) is 33.2 Å². The number of hydrogen-bond acceptors (Lipinski definition) is 3. The van der Waals surface area contributed by atoms with E-state index in [1.807, 2.05) is 42.5 Å². The van der Waals surface area contributed by atoms with Crippen LogP contribution in [0.4, 0.5) is 0 Å². The fraction of sp³-hybridized carbons (Fsp3) is 0. The molecule has 0 aliphatic heterocycles. The lowest BCUT2D eigenvalue weighted by Gasteiger charge is -2.04. The van der Waals surface area contributed by atoms with E-state index in [4.69, 9.17) is 0 Å². The Balaban J connectivity index is 2.16. The van der Waals surface area contributed by atoms with Crippen molar-refractivity contribution in [2.45, 2.75) is 0 Å². The molecule has 0 amide bonds. The van der Waals surface area contributed by atoms with Gasteiger partial charge in [0, 0.05) is 22.5 Å². The van der Waals surface area contributed by atoms with Crippen LogP contribution < -0.4 is 0 Å². The van der Waals surface area contributed by atoms with E-state index >= 15 is 0 Å². The van der Waals surface area contributed by atoms with Gasteiger partial charge in [0.2, 0.25) is 0 Å². The minimum Gasteiger partial charge on any atom is -0.477 e. The Kier molecular flexibility index (Phi) is 2.66. The normalized spacial score (nSPS) is 11.1.